The minimum absolute atomic E-state index is 0.632. The predicted octanol–water partition coefficient (Wildman–Crippen LogP) is 2.88. The van der Waals surface area contributed by atoms with Crippen LogP contribution in [0.3, 0.4) is 0 Å². The van der Waals surface area contributed by atoms with E-state index in [0.29, 0.717) is 5.92 Å². The maximum Gasteiger partial charge on any atom is 0.191 e. The monoisotopic (exact) mass is 358 g/mol. The van der Waals surface area contributed by atoms with Gasteiger partial charge >= 0.3 is 0 Å². The first kappa shape index (κ1) is 19.0. The van der Waals surface area contributed by atoms with E-state index in [0.717, 1.165) is 64.2 Å². The third kappa shape index (κ3) is 6.52. The fourth-order valence-corrected chi connectivity index (χ4v) is 3.33. The van der Waals surface area contributed by atoms with Crippen molar-refractivity contribution in [3.8, 4) is 0 Å². The van der Waals surface area contributed by atoms with Crippen LogP contribution in [0.2, 0.25) is 0 Å². The summed E-state index contributed by atoms with van der Waals surface area (Å²) in [7, 11) is 0. The van der Waals surface area contributed by atoms with Crippen molar-refractivity contribution in [2.24, 2.45) is 16.8 Å². The highest BCUT2D eigenvalue weighted by Crippen LogP contribution is 2.28. The topological polar surface area (TPSA) is 48.9 Å². The van der Waals surface area contributed by atoms with Crippen LogP contribution in [0.25, 0.3) is 0 Å². The highest BCUT2D eigenvalue weighted by Gasteiger charge is 2.22. The Balaban J connectivity index is 1.35. The number of rotatable bonds is 10. The molecule has 2 fully saturated rings. The average Bonchev–Trinajstić information content (AvgIpc) is 3.38. The Hall–Kier alpha value is -1.75. The molecule has 0 radical (unpaired) electrons. The summed E-state index contributed by atoms with van der Waals surface area (Å²) in [6.07, 6.45) is 4.96. The molecular formula is C21H34N4O. The molecule has 0 spiro atoms. The highest BCUT2D eigenvalue weighted by molar-refractivity contribution is 5.79. The molecule has 1 aromatic carbocycles. The number of para-hydroxylation sites is 1. The molecule has 0 bridgehead atoms. The van der Waals surface area contributed by atoms with Gasteiger partial charge in [-0.3, -0.25) is 4.99 Å². The number of hydrogen-bond acceptors (Lipinski definition) is 3. The summed E-state index contributed by atoms with van der Waals surface area (Å²) >= 11 is 0. The van der Waals surface area contributed by atoms with Gasteiger partial charge in [-0.05, 0) is 56.6 Å². The molecule has 1 unspecified atom stereocenters. The van der Waals surface area contributed by atoms with Crippen LogP contribution in [-0.4, -0.2) is 51.9 Å². The van der Waals surface area contributed by atoms with E-state index in [1.54, 1.807) is 0 Å². The summed E-state index contributed by atoms with van der Waals surface area (Å²) < 4.78 is 5.69. The molecule has 0 aromatic heterocycles. The summed E-state index contributed by atoms with van der Waals surface area (Å²) in [6, 6.07) is 10.7. The van der Waals surface area contributed by atoms with E-state index >= 15 is 0 Å². The summed E-state index contributed by atoms with van der Waals surface area (Å²) in [5.41, 5.74) is 1.33. The fourth-order valence-electron chi connectivity index (χ4n) is 3.33. The van der Waals surface area contributed by atoms with E-state index in [1.165, 1.54) is 24.9 Å². The Morgan fingerprint density at radius 3 is 2.77 bits per heavy atom. The summed E-state index contributed by atoms with van der Waals surface area (Å²) in [6.45, 7) is 8.83. The van der Waals surface area contributed by atoms with Crippen LogP contribution in [0.15, 0.2) is 35.3 Å². The number of anilines is 1. The SMILES string of the molecule is CCNC(=NCC1CCN(c2ccccc2)C1)NCCCOCC1CC1. The van der Waals surface area contributed by atoms with Crippen molar-refractivity contribution in [1.29, 1.82) is 0 Å². The minimum atomic E-state index is 0.632. The van der Waals surface area contributed by atoms with E-state index in [1.807, 2.05) is 0 Å². The van der Waals surface area contributed by atoms with Gasteiger partial charge < -0.3 is 20.3 Å². The highest BCUT2D eigenvalue weighted by atomic mass is 16.5. The Kier molecular flexibility index (Phi) is 7.62. The van der Waals surface area contributed by atoms with Crippen molar-refractivity contribution in [1.82, 2.24) is 10.6 Å². The van der Waals surface area contributed by atoms with Crippen LogP contribution < -0.4 is 15.5 Å². The van der Waals surface area contributed by atoms with Crippen molar-refractivity contribution in [2.75, 3.05) is 50.8 Å². The first-order chi connectivity index (χ1) is 12.8. The second-order valence-electron chi connectivity index (χ2n) is 7.45. The Labute approximate surface area is 158 Å². The molecule has 0 amide bonds. The summed E-state index contributed by atoms with van der Waals surface area (Å²) in [5.74, 6) is 2.42. The quantitative estimate of drug-likeness (QED) is 0.384. The van der Waals surface area contributed by atoms with Crippen LogP contribution in [0, 0.1) is 11.8 Å². The smallest absolute Gasteiger partial charge is 0.191 e. The third-order valence-electron chi connectivity index (χ3n) is 5.07. The van der Waals surface area contributed by atoms with Crippen LogP contribution in [0.4, 0.5) is 5.69 Å². The largest absolute Gasteiger partial charge is 0.381 e. The molecule has 5 heteroatoms. The first-order valence-corrected chi connectivity index (χ1v) is 10.2. The van der Waals surface area contributed by atoms with Crippen molar-refractivity contribution in [2.45, 2.75) is 32.6 Å². The zero-order chi connectivity index (χ0) is 18.0. The van der Waals surface area contributed by atoms with Gasteiger partial charge in [0.25, 0.3) is 0 Å². The fraction of sp³-hybridized carbons (Fsp3) is 0.667. The number of guanidine groups is 1. The first-order valence-electron chi connectivity index (χ1n) is 10.2. The van der Waals surface area contributed by atoms with E-state index in [4.69, 9.17) is 9.73 Å². The Morgan fingerprint density at radius 2 is 2.00 bits per heavy atom. The normalized spacial score (nSPS) is 20.4. The molecule has 144 valence electrons. The second kappa shape index (κ2) is 10.4. The lowest BCUT2D eigenvalue weighted by molar-refractivity contribution is 0.123. The van der Waals surface area contributed by atoms with Crippen molar-refractivity contribution >= 4 is 11.6 Å². The molecule has 26 heavy (non-hydrogen) atoms. The van der Waals surface area contributed by atoms with E-state index in [9.17, 15) is 0 Å². The van der Waals surface area contributed by atoms with Gasteiger partial charge in [-0.25, -0.2) is 0 Å². The van der Waals surface area contributed by atoms with Crippen LogP contribution >= 0.6 is 0 Å². The van der Waals surface area contributed by atoms with Crippen LogP contribution in [0.5, 0.6) is 0 Å². The number of hydrogen-bond donors (Lipinski definition) is 2. The van der Waals surface area contributed by atoms with Crippen molar-refractivity contribution < 1.29 is 4.74 Å². The van der Waals surface area contributed by atoms with E-state index < -0.39 is 0 Å². The summed E-state index contributed by atoms with van der Waals surface area (Å²) in [5, 5.41) is 6.79. The minimum Gasteiger partial charge on any atom is -0.381 e. The second-order valence-corrected chi connectivity index (χ2v) is 7.45. The lowest BCUT2D eigenvalue weighted by Gasteiger charge is -2.18. The van der Waals surface area contributed by atoms with E-state index in [-0.39, 0.29) is 0 Å². The number of nitrogens with zero attached hydrogens (tertiary/aromatic N) is 2. The molecule has 3 rings (SSSR count). The maximum atomic E-state index is 5.69. The average molecular weight is 359 g/mol. The molecule has 2 aliphatic rings. The summed E-state index contributed by atoms with van der Waals surface area (Å²) in [4.78, 5) is 7.28. The molecule has 1 saturated carbocycles. The molecule has 1 aliphatic heterocycles. The number of aliphatic imine (C=N–C) groups is 1. The van der Waals surface area contributed by atoms with Gasteiger partial charge in [0.1, 0.15) is 0 Å². The van der Waals surface area contributed by atoms with Gasteiger partial charge in [0.2, 0.25) is 0 Å². The zero-order valence-corrected chi connectivity index (χ0v) is 16.1. The molecule has 2 N–H and O–H groups in total. The number of ether oxygens (including phenoxy) is 1. The van der Waals surface area contributed by atoms with Crippen LogP contribution in [0.1, 0.15) is 32.6 Å². The zero-order valence-electron chi connectivity index (χ0n) is 16.1. The van der Waals surface area contributed by atoms with Gasteiger partial charge in [0.05, 0.1) is 0 Å². The Morgan fingerprint density at radius 1 is 1.15 bits per heavy atom. The molecule has 1 saturated heterocycles. The maximum absolute atomic E-state index is 5.69. The molecular weight excluding hydrogens is 324 g/mol. The third-order valence-corrected chi connectivity index (χ3v) is 5.07. The van der Waals surface area contributed by atoms with Gasteiger partial charge in [-0.2, -0.15) is 0 Å². The van der Waals surface area contributed by atoms with Gasteiger partial charge in [-0.15, -0.1) is 0 Å². The standard InChI is InChI=1S/C21H34N4O/c1-2-22-21(23-12-6-14-26-17-18-9-10-18)24-15-19-11-13-25(16-19)20-7-4-3-5-8-20/h3-5,7-8,18-19H,2,6,9-17H2,1H3,(H2,22,23,24). The van der Waals surface area contributed by atoms with Gasteiger partial charge in [0, 0.05) is 51.6 Å². The molecule has 1 aromatic rings. The van der Waals surface area contributed by atoms with Crippen LogP contribution in [-0.2, 0) is 4.74 Å². The van der Waals surface area contributed by atoms with E-state index in [2.05, 4.69) is 52.8 Å². The molecule has 1 aliphatic carbocycles. The predicted molar refractivity (Wildman–Crippen MR) is 109 cm³/mol. The molecule has 1 heterocycles. The van der Waals surface area contributed by atoms with Gasteiger partial charge in [0.15, 0.2) is 5.96 Å². The van der Waals surface area contributed by atoms with Crippen molar-refractivity contribution in [3.05, 3.63) is 30.3 Å². The lowest BCUT2D eigenvalue weighted by atomic mass is 10.1. The number of nitrogens with one attached hydrogen (secondary N) is 2. The number of benzene rings is 1. The lowest BCUT2D eigenvalue weighted by Crippen LogP contribution is -2.38. The Bertz CT molecular complexity index is 544. The van der Waals surface area contributed by atoms with Gasteiger partial charge in [-0.1, -0.05) is 18.2 Å². The molecule has 1 atom stereocenters. The van der Waals surface area contributed by atoms with Crippen molar-refractivity contribution in [3.63, 3.8) is 0 Å². The molecule has 5 nitrogen and oxygen atoms in total.